The summed E-state index contributed by atoms with van der Waals surface area (Å²) in [4.78, 5) is 29.9. The van der Waals surface area contributed by atoms with Crippen molar-refractivity contribution in [1.29, 1.82) is 0 Å². The normalized spacial score (nSPS) is 21.8. The highest BCUT2D eigenvalue weighted by Gasteiger charge is 2.57. The van der Waals surface area contributed by atoms with Crippen molar-refractivity contribution < 1.29 is 23.8 Å². The Hall–Kier alpha value is -4.00. The summed E-state index contributed by atoms with van der Waals surface area (Å²) in [5.74, 6) is 1.15. The third kappa shape index (κ3) is 3.73. The number of amides is 2. The van der Waals surface area contributed by atoms with Gasteiger partial charge in [-0.05, 0) is 29.3 Å². The molecule has 3 aromatic rings. The predicted octanol–water partition coefficient (Wildman–Crippen LogP) is 4.35. The fourth-order valence-electron chi connectivity index (χ4n) is 4.84. The number of benzene rings is 3. The van der Waals surface area contributed by atoms with Crippen LogP contribution in [0, 0.1) is 0 Å². The van der Waals surface area contributed by atoms with Crippen LogP contribution in [0.15, 0.2) is 78.9 Å². The van der Waals surface area contributed by atoms with Crippen LogP contribution in [0.5, 0.6) is 11.5 Å². The molecule has 2 aliphatic heterocycles. The summed E-state index contributed by atoms with van der Waals surface area (Å²) >= 11 is 0. The number of methoxy groups -OCH3 is 2. The largest absolute Gasteiger partial charge is 0.497 e. The predicted molar refractivity (Wildman–Crippen MR) is 125 cm³/mol. The average Bonchev–Trinajstić information content (AvgIpc) is 3.26. The zero-order valence-electron chi connectivity index (χ0n) is 19.1. The standard InChI is InChI=1S/C27H26N2O5/c1-32-20-13-14-23(33-2)21(15-20)24-25(26(30)28(24)16-18-9-5-3-6-10-18)29-22(17-34-27(29)31)19-11-7-4-8-12-19/h3-15,22,24-25H,16-17H2,1-2H3/t22-,24-,25+/m1/s1. The summed E-state index contributed by atoms with van der Waals surface area (Å²) in [6, 6.07) is 23.5. The Bertz CT molecular complexity index is 1180. The number of nitrogens with zero attached hydrogens (tertiary/aromatic N) is 2. The molecule has 0 unspecified atom stereocenters. The summed E-state index contributed by atoms with van der Waals surface area (Å²) < 4.78 is 16.6. The van der Waals surface area contributed by atoms with E-state index < -0.39 is 18.2 Å². The molecule has 7 nitrogen and oxygen atoms in total. The average molecular weight is 459 g/mol. The fourth-order valence-corrected chi connectivity index (χ4v) is 4.84. The zero-order valence-corrected chi connectivity index (χ0v) is 19.1. The van der Waals surface area contributed by atoms with Crippen LogP contribution in [0.1, 0.15) is 28.8 Å². The highest BCUT2D eigenvalue weighted by Crippen LogP contribution is 2.47. The van der Waals surface area contributed by atoms with Gasteiger partial charge in [-0.2, -0.15) is 0 Å². The maximum absolute atomic E-state index is 13.6. The molecule has 0 N–H and O–H groups in total. The van der Waals surface area contributed by atoms with Crippen LogP contribution in [-0.2, 0) is 16.1 Å². The summed E-state index contributed by atoms with van der Waals surface area (Å²) in [5, 5.41) is 0. The molecular formula is C27H26N2O5. The van der Waals surface area contributed by atoms with Crippen LogP contribution < -0.4 is 9.47 Å². The minimum Gasteiger partial charge on any atom is -0.497 e. The van der Waals surface area contributed by atoms with E-state index in [1.54, 1.807) is 24.0 Å². The second-order valence-corrected chi connectivity index (χ2v) is 8.36. The minimum absolute atomic E-state index is 0.126. The first-order valence-corrected chi connectivity index (χ1v) is 11.2. The minimum atomic E-state index is -0.718. The molecule has 3 aromatic carbocycles. The van der Waals surface area contributed by atoms with E-state index >= 15 is 0 Å². The van der Waals surface area contributed by atoms with Crippen molar-refractivity contribution in [3.8, 4) is 11.5 Å². The number of β-lactam (4-membered cyclic amide) rings is 1. The van der Waals surface area contributed by atoms with Gasteiger partial charge in [0.25, 0.3) is 0 Å². The smallest absolute Gasteiger partial charge is 0.411 e. The van der Waals surface area contributed by atoms with E-state index in [1.165, 1.54) is 0 Å². The van der Waals surface area contributed by atoms with Crippen molar-refractivity contribution >= 4 is 12.0 Å². The van der Waals surface area contributed by atoms with Gasteiger partial charge in [-0.1, -0.05) is 60.7 Å². The molecule has 174 valence electrons. The van der Waals surface area contributed by atoms with Gasteiger partial charge in [0.1, 0.15) is 24.1 Å². The van der Waals surface area contributed by atoms with Gasteiger partial charge in [-0.15, -0.1) is 0 Å². The number of cyclic esters (lactones) is 1. The molecule has 2 amide bonds. The van der Waals surface area contributed by atoms with Gasteiger partial charge >= 0.3 is 6.09 Å². The summed E-state index contributed by atoms with van der Waals surface area (Å²) in [6.45, 7) is 0.618. The lowest BCUT2D eigenvalue weighted by atomic mass is 9.85. The molecule has 34 heavy (non-hydrogen) atoms. The van der Waals surface area contributed by atoms with Crippen LogP contribution in [0.25, 0.3) is 0 Å². The Morgan fingerprint density at radius 1 is 0.882 bits per heavy atom. The van der Waals surface area contributed by atoms with Gasteiger partial charge < -0.3 is 19.1 Å². The molecule has 2 heterocycles. The monoisotopic (exact) mass is 458 g/mol. The number of hydrogen-bond donors (Lipinski definition) is 0. The van der Waals surface area contributed by atoms with Crippen LogP contribution in [0.3, 0.4) is 0 Å². The Kier molecular flexibility index (Phi) is 5.84. The molecule has 7 heteroatoms. The second-order valence-electron chi connectivity index (χ2n) is 8.36. The number of carbonyl (C=O) groups excluding carboxylic acids is 2. The van der Waals surface area contributed by atoms with Crippen molar-refractivity contribution in [2.75, 3.05) is 20.8 Å². The Balaban J connectivity index is 1.57. The molecule has 2 aliphatic rings. The molecule has 0 radical (unpaired) electrons. The molecule has 0 aliphatic carbocycles. The van der Waals surface area contributed by atoms with Gasteiger partial charge in [-0.25, -0.2) is 4.79 Å². The Morgan fingerprint density at radius 2 is 1.59 bits per heavy atom. The van der Waals surface area contributed by atoms with E-state index in [0.29, 0.717) is 18.0 Å². The molecule has 3 atom stereocenters. The highest BCUT2D eigenvalue weighted by atomic mass is 16.6. The Morgan fingerprint density at radius 3 is 2.26 bits per heavy atom. The van der Waals surface area contributed by atoms with Crippen LogP contribution in [-0.4, -0.2) is 48.7 Å². The first-order valence-electron chi connectivity index (χ1n) is 11.2. The third-order valence-electron chi connectivity index (χ3n) is 6.52. The zero-order chi connectivity index (χ0) is 23.7. The molecule has 0 aromatic heterocycles. The SMILES string of the molecule is COc1ccc(OC)c([C@@H]2[C@H](N3C(=O)OC[C@@H]3c3ccccc3)C(=O)N2Cc2ccccc2)c1. The van der Waals surface area contributed by atoms with Crippen molar-refractivity contribution in [1.82, 2.24) is 9.80 Å². The molecule has 2 fully saturated rings. The van der Waals surface area contributed by atoms with Gasteiger partial charge in [0.15, 0.2) is 0 Å². The topological polar surface area (TPSA) is 68.3 Å². The number of hydrogen-bond acceptors (Lipinski definition) is 5. The van der Waals surface area contributed by atoms with E-state index in [-0.39, 0.29) is 18.6 Å². The first-order chi connectivity index (χ1) is 16.6. The summed E-state index contributed by atoms with van der Waals surface area (Å²) in [6.07, 6.45) is -0.488. The number of carbonyl (C=O) groups is 2. The quantitative estimate of drug-likeness (QED) is 0.493. The maximum atomic E-state index is 13.6. The second kappa shape index (κ2) is 9.09. The first kappa shape index (κ1) is 21.8. The highest BCUT2D eigenvalue weighted by molar-refractivity contribution is 5.93. The fraction of sp³-hybridized carbons (Fsp3) is 0.259. The van der Waals surface area contributed by atoms with Gasteiger partial charge in [0, 0.05) is 12.1 Å². The molecule has 2 saturated heterocycles. The molecule has 5 rings (SSSR count). The van der Waals surface area contributed by atoms with Crippen molar-refractivity contribution in [2.24, 2.45) is 0 Å². The van der Waals surface area contributed by atoms with Crippen LogP contribution >= 0.6 is 0 Å². The molecular weight excluding hydrogens is 432 g/mol. The van der Waals surface area contributed by atoms with Gasteiger partial charge in [0.2, 0.25) is 5.91 Å². The van der Waals surface area contributed by atoms with Crippen LogP contribution in [0.4, 0.5) is 4.79 Å². The number of likely N-dealkylation sites (tertiary alicyclic amines) is 1. The summed E-state index contributed by atoms with van der Waals surface area (Å²) in [7, 11) is 3.19. The van der Waals surface area contributed by atoms with Crippen molar-refractivity contribution in [3.05, 3.63) is 95.6 Å². The van der Waals surface area contributed by atoms with Crippen molar-refractivity contribution in [3.63, 3.8) is 0 Å². The van der Waals surface area contributed by atoms with E-state index in [0.717, 1.165) is 16.7 Å². The van der Waals surface area contributed by atoms with E-state index in [1.807, 2.05) is 78.9 Å². The third-order valence-corrected chi connectivity index (χ3v) is 6.52. The molecule has 0 spiro atoms. The number of ether oxygens (including phenoxy) is 3. The lowest BCUT2D eigenvalue weighted by Crippen LogP contribution is -2.65. The van der Waals surface area contributed by atoms with Gasteiger partial charge in [0.05, 0.1) is 26.3 Å². The van der Waals surface area contributed by atoms with E-state index in [9.17, 15) is 9.59 Å². The van der Waals surface area contributed by atoms with E-state index in [4.69, 9.17) is 14.2 Å². The van der Waals surface area contributed by atoms with Gasteiger partial charge in [-0.3, -0.25) is 9.69 Å². The Labute approximate surface area is 198 Å². The lowest BCUT2D eigenvalue weighted by Gasteiger charge is -2.51. The van der Waals surface area contributed by atoms with E-state index in [2.05, 4.69) is 0 Å². The summed E-state index contributed by atoms with van der Waals surface area (Å²) in [5.41, 5.74) is 2.72. The molecule has 0 saturated carbocycles. The van der Waals surface area contributed by atoms with Crippen LogP contribution in [0.2, 0.25) is 0 Å². The lowest BCUT2D eigenvalue weighted by molar-refractivity contribution is -0.160. The molecule has 0 bridgehead atoms. The maximum Gasteiger partial charge on any atom is 0.411 e. The van der Waals surface area contributed by atoms with Crippen molar-refractivity contribution in [2.45, 2.75) is 24.7 Å². The number of rotatable bonds is 7.